The second kappa shape index (κ2) is 6.12. The van der Waals surface area contributed by atoms with E-state index >= 15 is 0 Å². The molecule has 0 radical (unpaired) electrons. The van der Waals surface area contributed by atoms with E-state index < -0.39 is 11.5 Å². The molecule has 1 saturated carbocycles. The maximum absolute atomic E-state index is 12.1. The lowest BCUT2D eigenvalue weighted by molar-refractivity contribution is -0.149. The normalized spacial score (nSPS) is 28.8. The van der Waals surface area contributed by atoms with Crippen LogP contribution in [-0.4, -0.2) is 28.6 Å². The Balaban J connectivity index is 2.68. The molecule has 1 unspecified atom stereocenters. The highest BCUT2D eigenvalue weighted by molar-refractivity contribution is 5.87. The Morgan fingerprint density at radius 2 is 1.85 bits per heavy atom. The average Bonchev–Trinajstić information content (AvgIpc) is 2.30. The van der Waals surface area contributed by atoms with Gasteiger partial charge in [0, 0.05) is 12.5 Å². The third-order valence-corrected chi connectivity index (χ3v) is 4.43. The van der Waals surface area contributed by atoms with E-state index in [0.717, 1.165) is 12.8 Å². The lowest BCUT2D eigenvalue weighted by atomic mass is 9.76. The Morgan fingerprint density at radius 1 is 1.35 bits per heavy atom. The summed E-state index contributed by atoms with van der Waals surface area (Å²) in [6.07, 6.45) is 2.82. The summed E-state index contributed by atoms with van der Waals surface area (Å²) in [6.45, 7) is 8.03. The van der Waals surface area contributed by atoms with Crippen molar-refractivity contribution in [2.45, 2.75) is 71.4 Å². The van der Waals surface area contributed by atoms with Crippen molar-refractivity contribution in [3.63, 3.8) is 0 Å². The molecule has 5 heteroatoms. The number of carboxylic acids is 1. The Hall–Kier alpha value is -1.10. The molecule has 1 rings (SSSR count). The summed E-state index contributed by atoms with van der Waals surface area (Å²) in [5, 5.41) is 12.2. The number of hydrogen-bond acceptors (Lipinski definition) is 3. The molecule has 1 amide bonds. The summed E-state index contributed by atoms with van der Waals surface area (Å²) < 4.78 is 0. The molecule has 4 N–H and O–H groups in total. The van der Waals surface area contributed by atoms with Crippen LogP contribution < -0.4 is 11.1 Å². The predicted molar refractivity (Wildman–Crippen MR) is 78.2 cm³/mol. The van der Waals surface area contributed by atoms with Crippen LogP contribution in [0.15, 0.2) is 0 Å². The van der Waals surface area contributed by atoms with Crippen molar-refractivity contribution in [3.05, 3.63) is 0 Å². The van der Waals surface area contributed by atoms with E-state index in [1.165, 1.54) is 0 Å². The molecule has 1 atom stereocenters. The van der Waals surface area contributed by atoms with Gasteiger partial charge in [-0.15, -0.1) is 0 Å². The predicted octanol–water partition coefficient (Wildman–Crippen LogP) is 1.90. The molecule has 20 heavy (non-hydrogen) atoms. The van der Waals surface area contributed by atoms with Crippen LogP contribution in [-0.2, 0) is 9.59 Å². The van der Waals surface area contributed by atoms with Gasteiger partial charge in [0.05, 0.1) is 0 Å². The summed E-state index contributed by atoms with van der Waals surface area (Å²) in [4.78, 5) is 23.7. The third-order valence-electron chi connectivity index (χ3n) is 4.43. The van der Waals surface area contributed by atoms with Crippen LogP contribution in [0.5, 0.6) is 0 Å². The molecule has 5 nitrogen and oxygen atoms in total. The van der Waals surface area contributed by atoms with E-state index in [1.54, 1.807) is 0 Å². The van der Waals surface area contributed by atoms with Gasteiger partial charge in [-0.3, -0.25) is 4.79 Å². The Bertz CT molecular complexity index is 366. The first-order valence-corrected chi connectivity index (χ1v) is 7.37. The lowest BCUT2D eigenvalue weighted by Crippen LogP contribution is -2.57. The zero-order valence-electron chi connectivity index (χ0n) is 13.0. The fourth-order valence-electron chi connectivity index (χ4n) is 2.47. The third kappa shape index (κ3) is 4.20. The van der Waals surface area contributed by atoms with Crippen LogP contribution in [0.25, 0.3) is 0 Å². The van der Waals surface area contributed by atoms with E-state index in [2.05, 4.69) is 12.2 Å². The quantitative estimate of drug-likeness (QED) is 0.735. The number of hydrogen-bond donors (Lipinski definition) is 3. The molecule has 1 aliphatic rings. The Morgan fingerprint density at radius 3 is 2.25 bits per heavy atom. The standard InChI is InChI=1S/C15H28N2O3/c1-10-5-7-15(8-6-10,13(19)20)17-12(18)9-11(16)14(2,3)4/h10-11H,5-9,16H2,1-4H3,(H,17,18)(H,19,20). The highest BCUT2D eigenvalue weighted by Gasteiger charge is 2.42. The highest BCUT2D eigenvalue weighted by Crippen LogP contribution is 2.32. The molecule has 0 saturated heterocycles. The molecule has 0 aromatic heterocycles. The summed E-state index contributed by atoms with van der Waals surface area (Å²) in [6, 6.07) is -0.282. The van der Waals surface area contributed by atoms with Crippen molar-refractivity contribution in [1.29, 1.82) is 0 Å². The van der Waals surface area contributed by atoms with Gasteiger partial charge in [0.25, 0.3) is 0 Å². The topological polar surface area (TPSA) is 92.4 Å². The molecule has 1 aliphatic carbocycles. The van der Waals surface area contributed by atoms with Crippen molar-refractivity contribution >= 4 is 11.9 Å². The van der Waals surface area contributed by atoms with Crippen molar-refractivity contribution in [3.8, 4) is 0 Å². The highest BCUT2D eigenvalue weighted by atomic mass is 16.4. The molecule has 1 fully saturated rings. The minimum atomic E-state index is -1.10. The van der Waals surface area contributed by atoms with Crippen LogP contribution in [0.4, 0.5) is 0 Å². The van der Waals surface area contributed by atoms with Crippen molar-refractivity contribution < 1.29 is 14.7 Å². The zero-order valence-corrected chi connectivity index (χ0v) is 13.0. The number of carbonyl (C=O) groups excluding carboxylic acids is 1. The Kier molecular flexibility index (Phi) is 5.19. The van der Waals surface area contributed by atoms with Gasteiger partial charge in [-0.25, -0.2) is 4.79 Å². The SMILES string of the molecule is CC1CCC(NC(=O)CC(N)C(C)(C)C)(C(=O)O)CC1. The summed E-state index contributed by atoms with van der Waals surface area (Å²) >= 11 is 0. The zero-order chi connectivity index (χ0) is 15.6. The van der Waals surface area contributed by atoms with Crippen LogP contribution in [0.1, 0.15) is 59.8 Å². The minimum Gasteiger partial charge on any atom is -0.480 e. The van der Waals surface area contributed by atoms with Gasteiger partial charge >= 0.3 is 5.97 Å². The fourth-order valence-corrected chi connectivity index (χ4v) is 2.47. The molecule has 0 aromatic carbocycles. The average molecular weight is 284 g/mol. The van der Waals surface area contributed by atoms with Crippen LogP contribution >= 0.6 is 0 Å². The maximum atomic E-state index is 12.1. The number of aliphatic carboxylic acids is 1. The van der Waals surface area contributed by atoms with E-state index in [-0.39, 0.29) is 23.8 Å². The van der Waals surface area contributed by atoms with Crippen molar-refractivity contribution in [2.24, 2.45) is 17.1 Å². The minimum absolute atomic E-state index is 0.161. The molecule has 0 bridgehead atoms. The smallest absolute Gasteiger partial charge is 0.329 e. The second-order valence-electron chi connectivity index (χ2n) is 7.29. The van der Waals surface area contributed by atoms with Gasteiger partial charge in [-0.1, -0.05) is 27.7 Å². The number of carbonyl (C=O) groups is 2. The molecule has 116 valence electrons. The summed E-state index contributed by atoms with van der Waals surface area (Å²) in [5.41, 5.74) is 4.72. The summed E-state index contributed by atoms with van der Waals surface area (Å²) in [7, 11) is 0. The van der Waals surface area contributed by atoms with E-state index in [1.807, 2.05) is 20.8 Å². The molecule has 0 aromatic rings. The van der Waals surface area contributed by atoms with Gasteiger partial charge in [0.15, 0.2) is 0 Å². The monoisotopic (exact) mass is 284 g/mol. The van der Waals surface area contributed by atoms with Gasteiger partial charge in [-0.05, 0) is 37.0 Å². The van der Waals surface area contributed by atoms with Crippen LogP contribution in [0.3, 0.4) is 0 Å². The number of amides is 1. The summed E-state index contributed by atoms with van der Waals surface area (Å²) in [5.74, 6) is -0.664. The maximum Gasteiger partial charge on any atom is 0.329 e. The van der Waals surface area contributed by atoms with Crippen LogP contribution in [0.2, 0.25) is 0 Å². The van der Waals surface area contributed by atoms with Crippen molar-refractivity contribution in [1.82, 2.24) is 5.32 Å². The molecule has 0 aliphatic heterocycles. The first-order valence-electron chi connectivity index (χ1n) is 7.37. The van der Waals surface area contributed by atoms with E-state index in [9.17, 15) is 14.7 Å². The molecule has 0 spiro atoms. The first kappa shape index (κ1) is 17.0. The van der Waals surface area contributed by atoms with Crippen LogP contribution in [0, 0.1) is 11.3 Å². The number of rotatable bonds is 4. The number of nitrogens with one attached hydrogen (secondary N) is 1. The molecular formula is C15H28N2O3. The van der Waals surface area contributed by atoms with Crippen molar-refractivity contribution in [2.75, 3.05) is 0 Å². The number of carboxylic acid groups (broad SMARTS) is 1. The van der Waals surface area contributed by atoms with Gasteiger partial charge in [0.1, 0.15) is 5.54 Å². The molecular weight excluding hydrogens is 256 g/mol. The first-order chi connectivity index (χ1) is 9.07. The van der Waals surface area contributed by atoms with Gasteiger partial charge in [-0.2, -0.15) is 0 Å². The second-order valence-corrected chi connectivity index (χ2v) is 7.29. The molecule has 0 heterocycles. The Labute approximate surface area is 121 Å². The van der Waals surface area contributed by atoms with Gasteiger partial charge in [0.2, 0.25) is 5.91 Å². The van der Waals surface area contributed by atoms with Gasteiger partial charge < -0.3 is 16.2 Å². The van der Waals surface area contributed by atoms with E-state index in [0.29, 0.717) is 18.8 Å². The largest absolute Gasteiger partial charge is 0.480 e. The number of nitrogens with two attached hydrogens (primary N) is 1. The lowest BCUT2D eigenvalue weighted by Gasteiger charge is -2.37. The van der Waals surface area contributed by atoms with E-state index in [4.69, 9.17) is 5.73 Å². The fraction of sp³-hybridized carbons (Fsp3) is 0.867.